The van der Waals surface area contributed by atoms with Gasteiger partial charge in [-0.1, -0.05) is 13.0 Å². The van der Waals surface area contributed by atoms with Gasteiger partial charge in [-0.2, -0.15) is 0 Å². The van der Waals surface area contributed by atoms with Crippen LogP contribution in [0.25, 0.3) is 0 Å². The van der Waals surface area contributed by atoms with E-state index in [-0.39, 0.29) is 5.75 Å². The molecule has 0 radical (unpaired) electrons. The highest BCUT2D eigenvalue weighted by molar-refractivity contribution is 7.92. The van der Waals surface area contributed by atoms with Crippen molar-refractivity contribution < 1.29 is 8.42 Å². The fraction of sp³-hybridized carbons (Fsp3) is 0.750. The molecule has 0 amide bonds. The molecular weight excluding hydrogens is 392 g/mol. The lowest BCUT2D eigenvalue weighted by Crippen LogP contribution is -2.57. The Bertz CT molecular complexity index is 766. The van der Waals surface area contributed by atoms with E-state index in [1.54, 1.807) is 18.4 Å². The van der Waals surface area contributed by atoms with Crippen LogP contribution in [0.2, 0.25) is 0 Å². The molecule has 1 N–H and O–H groups in total. The number of guanidine groups is 1. The van der Waals surface area contributed by atoms with Crippen LogP contribution in [0.1, 0.15) is 44.5 Å². The Morgan fingerprint density at radius 2 is 2.07 bits per heavy atom. The third-order valence-electron chi connectivity index (χ3n) is 6.14. The quantitative estimate of drug-likeness (QED) is 0.592. The number of aliphatic imine (C=N–C) groups is 1. The second-order valence-electron chi connectivity index (χ2n) is 8.68. The molecule has 1 unspecified atom stereocenters. The summed E-state index contributed by atoms with van der Waals surface area (Å²) < 4.78 is 23.9. The predicted molar refractivity (Wildman–Crippen MR) is 118 cm³/mol. The van der Waals surface area contributed by atoms with Crippen LogP contribution >= 0.6 is 11.3 Å². The highest BCUT2D eigenvalue weighted by Gasteiger charge is 2.41. The topological polar surface area (TPSA) is 65.0 Å². The van der Waals surface area contributed by atoms with E-state index in [2.05, 4.69) is 44.5 Å². The maximum atomic E-state index is 12.3. The van der Waals surface area contributed by atoms with Gasteiger partial charge < -0.3 is 10.2 Å². The standard InChI is InChI=1S/C20H34N4O2S2/c1-16-7-9-23(10-8-16)17(18-6-5-12-27-18)14-22-19(21-4)24-11-13-28(25,26)20(2,3)15-24/h5-6,12,16-17H,7-11,13-15H2,1-4H3,(H,21,22). The molecule has 1 aromatic rings. The average Bonchev–Trinajstić information content (AvgIpc) is 3.17. The van der Waals surface area contributed by atoms with Crippen molar-refractivity contribution >= 4 is 27.1 Å². The zero-order valence-corrected chi connectivity index (χ0v) is 19.2. The molecule has 6 nitrogen and oxygen atoms in total. The van der Waals surface area contributed by atoms with Gasteiger partial charge in [0.15, 0.2) is 15.8 Å². The molecule has 2 fully saturated rings. The van der Waals surface area contributed by atoms with Crippen LogP contribution in [-0.4, -0.2) is 74.4 Å². The smallest absolute Gasteiger partial charge is 0.193 e. The van der Waals surface area contributed by atoms with Crippen LogP contribution in [0.15, 0.2) is 22.5 Å². The molecule has 3 heterocycles. The van der Waals surface area contributed by atoms with Crippen LogP contribution in [0, 0.1) is 5.92 Å². The Morgan fingerprint density at radius 1 is 1.36 bits per heavy atom. The van der Waals surface area contributed by atoms with Gasteiger partial charge in [0.05, 0.1) is 16.5 Å². The number of nitrogens with zero attached hydrogens (tertiary/aromatic N) is 3. The van der Waals surface area contributed by atoms with Crippen molar-refractivity contribution in [1.29, 1.82) is 0 Å². The van der Waals surface area contributed by atoms with Crippen molar-refractivity contribution in [3.8, 4) is 0 Å². The summed E-state index contributed by atoms with van der Waals surface area (Å²) in [4.78, 5) is 10.5. The van der Waals surface area contributed by atoms with Gasteiger partial charge in [0.1, 0.15) is 0 Å². The minimum absolute atomic E-state index is 0.180. The molecule has 2 aliphatic rings. The molecule has 0 bridgehead atoms. The first-order valence-electron chi connectivity index (χ1n) is 10.2. The second kappa shape index (κ2) is 8.71. The molecule has 1 aromatic heterocycles. The SMILES string of the molecule is CN=C(NCC(c1cccs1)N1CCC(C)CC1)N1CCS(=O)(=O)C(C)(C)C1. The average molecular weight is 427 g/mol. The Morgan fingerprint density at radius 3 is 2.64 bits per heavy atom. The summed E-state index contributed by atoms with van der Waals surface area (Å²) in [6.45, 7) is 9.96. The summed E-state index contributed by atoms with van der Waals surface area (Å²) >= 11 is 1.81. The maximum absolute atomic E-state index is 12.3. The minimum atomic E-state index is -3.06. The highest BCUT2D eigenvalue weighted by atomic mass is 32.2. The van der Waals surface area contributed by atoms with Crippen molar-refractivity contribution in [2.45, 2.75) is 44.4 Å². The summed E-state index contributed by atoms with van der Waals surface area (Å²) in [6, 6.07) is 4.66. The van der Waals surface area contributed by atoms with Crippen molar-refractivity contribution in [3.63, 3.8) is 0 Å². The van der Waals surface area contributed by atoms with E-state index >= 15 is 0 Å². The van der Waals surface area contributed by atoms with Crippen molar-refractivity contribution in [1.82, 2.24) is 15.1 Å². The Kier molecular flexibility index (Phi) is 6.72. The molecule has 1 atom stereocenters. The number of piperidine rings is 1. The lowest BCUT2D eigenvalue weighted by molar-refractivity contribution is 0.139. The minimum Gasteiger partial charge on any atom is -0.354 e. The van der Waals surface area contributed by atoms with Gasteiger partial charge in [0.2, 0.25) is 0 Å². The molecule has 0 spiro atoms. The fourth-order valence-electron chi connectivity index (χ4n) is 4.08. The van der Waals surface area contributed by atoms with Crippen LogP contribution in [0.5, 0.6) is 0 Å². The molecule has 3 rings (SSSR count). The summed E-state index contributed by atoms with van der Waals surface area (Å²) in [5, 5.41) is 5.69. The second-order valence-corrected chi connectivity index (χ2v) is 12.4. The summed E-state index contributed by atoms with van der Waals surface area (Å²) in [5.41, 5.74) is 0. The lowest BCUT2D eigenvalue weighted by Gasteiger charge is -2.40. The molecule has 0 saturated carbocycles. The van der Waals surface area contributed by atoms with Crippen LogP contribution in [0.4, 0.5) is 0 Å². The molecular formula is C20H34N4O2S2. The van der Waals surface area contributed by atoms with Gasteiger partial charge in [-0.05, 0) is 57.1 Å². The fourth-order valence-corrected chi connectivity index (χ4v) is 6.30. The van der Waals surface area contributed by atoms with Gasteiger partial charge in [-0.15, -0.1) is 11.3 Å². The first-order valence-corrected chi connectivity index (χ1v) is 12.7. The first kappa shape index (κ1) is 21.6. The van der Waals surface area contributed by atoms with E-state index in [1.807, 2.05) is 13.8 Å². The van der Waals surface area contributed by atoms with Gasteiger partial charge >= 0.3 is 0 Å². The molecule has 158 valence electrons. The predicted octanol–water partition coefficient (Wildman–Crippen LogP) is 2.61. The number of rotatable bonds is 4. The number of likely N-dealkylation sites (tertiary alicyclic amines) is 1. The molecule has 0 aliphatic carbocycles. The molecule has 28 heavy (non-hydrogen) atoms. The van der Waals surface area contributed by atoms with Gasteiger partial charge in [0, 0.05) is 31.6 Å². The zero-order valence-electron chi connectivity index (χ0n) is 17.5. The van der Waals surface area contributed by atoms with Crippen LogP contribution < -0.4 is 5.32 Å². The van der Waals surface area contributed by atoms with Crippen molar-refractivity contribution in [2.75, 3.05) is 45.5 Å². The highest BCUT2D eigenvalue weighted by Crippen LogP contribution is 2.29. The van der Waals surface area contributed by atoms with Crippen molar-refractivity contribution in [3.05, 3.63) is 22.4 Å². The van der Waals surface area contributed by atoms with Crippen LogP contribution in [0.3, 0.4) is 0 Å². The number of hydrogen-bond acceptors (Lipinski definition) is 5. The molecule has 2 saturated heterocycles. The van der Waals surface area contributed by atoms with E-state index in [4.69, 9.17) is 0 Å². The number of hydrogen-bond donors (Lipinski definition) is 1. The van der Waals surface area contributed by atoms with E-state index in [0.717, 1.165) is 31.5 Å². The maximum Gasteiger partial charge on any atom is 0.193 e. The monoisotopic (exact) mass is 426 g/mol. The number of sulfone groups is 1. The normalized spacial score (nSPS) is 24.9. The molecule has 2 aliphatic heterocycles. The summed E-state index contributed by atoms with van der Waals surface area (Å²) in [7, 11) is -1.28. The van der Waals surface area contributed by atoms with E-state index in [1.165, 1.54) is 17.7 Å². The van der Waals surface area contributed by atoms with Crippen LogP contribution in [-0.2, 0) is 9.84 Å². The van der Waals surface area contributed by atoms with E-state index in [9.17, 15) is 8.42 Å². The Hall–Kier alpha value is -1.12. The van der Waals surface area contributed by atoms with Crippen molar-refractivity contribution in [2.24, 2.45) is 10.9 Å². The van der Waals surface area contributed by atoms with E-state index in [0.29, 0.717) is 19.1 Å². The Labute approximate surface area is 173 Å². The van der Waals surface area contributed by atoms with Gasteiger partial charge in [-0.3, -0.25) is 9.89 Å². The Balaban J connectivity index is 1.68. The number of nitrogens with one attached hydrogen (secondary N) is 1. The number of thiophene rings is 1. The molecule has 0 aromatic carbocycles. The van der Waals surface area contributed by atoms with Gasteiger partial charge in [0.25, 0.3) is 0 Å². The largest absolute Gasteiger partial charge is 0.354 e. The summed E-state index contributed by atoms with van der Waals surface area (Å²) in [5.74, 6) is 1.78. The van der Waals surface area contributed by atoms with E-state index < -0.39 is 14.6 Å². The lowest BCUT2D eigenvalue weighted by atomic mass is 9.97. The zero-order chi connectivity index (χ0) is 20.4. The third kappa shape index (κ3) is 4.71. The summed E-state index contributed by atoms with van der Waals surface area (Å²) in [6.07, 6.45) is 2.49. The molecule has 8 heteroatoms. The first-order chi connectivity index (χ1) is 13.2. The van der Waals surface area contributed by atoms with Gasteiger partial charge in [-0.25, -0.2) is 8.42 Å². The third-order valence-corrected chi connectivity index (χ3v) is 9.65.